The molecule has 1 spiro atoms. The highest BCUT2D eigenvalue weighted by molar-refractivity contribution is 6.72. The minimum Gasteiger partial charge on any atom is -0.394 e. The molecule has 252 valence electrons. The summed E-state index contributed by atoms with van der Waals surface area (Å²) in [5, 5.41) is 9.86. The molecular formula is C36H52FN3O5Si. The van der Waals surface area contributed by atoms with Gasteiger partial charge in [0.25, 0.3) is 5.91 Å². The maximum Gasteiger partial charge on any atom is 0.264 e. The van der Waals surface area contributed by atoms with Gasteiger partial charge >= 0.3 is 0 Å². The lowest BCUT2D eigenvalue weighted by atomic mass is 9.82. The van der Waals surface area contributed by atoms with E-state index in [1.165, 1.54) is 11.1 Å². The number of fused-ring (bicyclic) bond motifs is 2. The zero-order chi connectivity index (χ0) is 33.4. The van der Waals surface area contributed by atoms with Gasteiger partial charge in [0.15, 0.2) is 5.60 Å². The van der Waals surface area contributed by atoms with Crippen LogP contribution in [0.2, 0.25) is 18.6 Å². The number of allylic oxidation sites excluding steroid dienone is 3. The Morgan fingerprint density at radius 1 is 1.13 bits per heavy atom. The summed E-state index contributed by atoms with van der Waals surface area (Å²) in [7, 11) is -3.46. The number of ether oxygens (including phenoxy) is 1. The van der Waals surface area contributed by atoms with Crippen LogP contribution < -0.4 is 9.80 Å². The van der Waals surface area contributed by atoms with E-state index in [-0.39, 0.29) is 36.8 Å². The van der Waals surface area contributed by atoms with Gasteiger partial charge < -0.3 is 28.7 Å². The molecule has 3 amide bonds. The lowest BCUT2D eigenvalue weighted by Gasteiger charge is -2.32. The van der Waals surface area contributed by atoms with Crippen LogP contribution in [-0.2, 0) is 24.7 Å². The summed E-state index contributed by atoms with van der Waals surface area (Å²) in [4.78, 5) is 46.6. The highest BCUT2D eigenvalue weighted by atomic mass is 28.4. The molecule has 4 aliphatic heterocycles. The molecule has 0 aliphatic carbocycles. The van der Waals surface area contributed by atoms with Gasteiger partial charge in [0.2, 0.25) is 20.2 Å². The van der Waals surface area contributed by atoms with Gasteiger partial charge in [-0.05, 0) is 90.6 Å². The van der Waals surface area contributed by atoms with Gasteiger partial charge in [0, 0.05) is 48.8 Å². The first-order valence-electron chi connectivity index (χ1n) is 17.1. The molecule has 0 unspecified atom stereocenters. The van der Waals surface area contributed by atoms with Gasteiger partial charge in [-0.1, -0.05) is 30.2 Å². The average Bonchev–Trinajstić information content (AvgIpc) is 3.65. The van der Waals surface area contributed by atoms with E-state index in [9.17, 15) is 19.5 Å². The van der Waals surface area contributed by atoms with Crippen molar-refractivity contribution in [3.8, 4) is 0 Å². The standard InChI is InChI=1S/C36H52FN3O5Si/c1-24(2)11-9-12-25(3)17-20-40-30-16-15-27(38-18-8-7-14-32(38)42)21-29(30)36(35(40)44)26(4)34(46(5,6)37)31(45-36)22-33(43)39-19-10-13-28(39)23-41/h11,15-17,21,26,28,31,34,41H,7-10,12-14,18-20,22-23H2,1-6H3/b25-17+/t26-,28+,31+,34-,36+/m1/s1. The molecule has 1 aromatic carbocycles. The number of likely N-dealkylation sites (tertiary alicyclic amines) is 1. The molecule has 10 heteroatoms. The zero-order valence-electron chi connectivity index (χ0n) is 28.5. The Balaban J connectivity index is 1.54. The van der Waals surface area contributed by atoms with Crippen molar-refractivity contribution >= 4 is 37.5 Å². The lowest BCUT2D eigenvalue weighted by molar-refractivity contribution is -0.149. The highest BCUT2D eigenvalue weighted by Gasteiger charge is 2.67. The van der Waals surface area contributed by atoms with Gasteiger partial charge in [-0.3, -0.25) is 14.4 Å². The number of nitrogens with zero attached hydrogens (tertiary/aromatic N) is 3. The number of piperidine rings is 1. The summed E-state index contributed by atoms with van der Waals surface area (Å²) < 4.78 is 23.2. The second-order valence-electron chi connectivity index (χ2n) is 14.5. The second-order valence-corrected chi connectivity index (χ2v) is 18.3. The predicted molar refractivity (Wildman–Crippen MR) is 182 cm³/mol. The third kappa shape index (κ3) is 6.49. The van der Waals surface area contributed by atoms with Crippen LogP contribution in [-0.4, -0.2) is 74.5 Å². The molecule has 0 radical (unpaired) electrons. The smallest absolute Gasteiger partial charge is 0.264 e. The van der Waals surface area contributed by atoms with E-state index >= 15 is 4.11 Å². The van der Waals surface area contributed by atoms with E-state index in [0.29, 0.717) is 37.3 Å². The number of carbonyl (C=O) groups is 3. The summed E-state index contributed by atoms with van der Waals surface area (Å²) in [6.07, 6.45) is 9.07. The third-order valence-corrected chi connectivity index (χ3v) is 13.0. The Morgan fingerprint density at radius 3 is 2.57 bits per heavy atom. The largest absolute Gasteiger partial charge is 0.394 e. The van der Waals surface area contributed by atoms with Crippen molar-refractivity contribution in [1.82, 2.24) is 4.90 Å². The van der Waals surface area contributed by atoms with Crippen molar-refractivity contribution in [1.29, 1.82) is 0 Å². The van der Waals surface area contributed by atoms with Crippen molar-refractivity contribution in [2.24, 2.45) is 5.92 Å². The van der Waals surface area contributed by atoms with E-state index in [1.807, 2.05) is 25.1 Å². The van der Waals surface area contributed by atoms with E-state index in [4.69, 9.17) is 4.74 Å². The number of aliphatic hydroxyl groups is 1. The Morgan fingerprint density at radius 2 is 1.89 bits per heavy atom. The normalized spacial score (nSPS) is 28.4. The van der Waals surface area contributed by atoms with Gasteiger partial charge in [-0.15, -0.1) is 0 Å². The fraction of sp³-hybridized carbons (Fsp3) is 0.639. The van der Waals surface area contributed by atoms with Crippen LogP contribution >= 0.6 is 0 Å². The van der Waals surface area contributed by atoms with E-state index < -0.39 is 31.6 Å². The van der Waals surface area contributed by atoms with Crippen LogP contribution in [0.25, 0.3) is 0 Å². The number of benzene rings is 1. The molecule has 1 aromatic rings. The Kier molecular flexibility index (Phi) is 10.3. The van der Waals surface area contributed by atoms with Gasteiger partial charge in [0.1, 0.15) is 0 Å². The number of anilines is 2. The predicted octanol–water partition coefficient (Wildman–Crippen LogP) is 6.39. The van der Waals surface area contributed by atoms with Crippen molar-refractivity contribution < 1.29 is 28.3 Å². The number of amides is 3. The average molecular weight is 654 g/mol. The summed E-state index contributed by atoms with van der Waals surface area (Å²) in [6.45, 7) is 12.8. The van der Waals surface area contributed by atoms with Gasteiger partial charge in [-0.25, -0.2) is 0 Å². The molecule has 0 saturated carbocycles. The van der Waals surface area contributed by atoms with Crippen LogP contribution in [0.4, 0.5) is 15.5 Å². The molecule has 0 aromatic heterocycles. The summed E-state index contributed by atoms with van der Waals surface area (Å²) in [6, 6.07) is 5.48. The number of hydrogen-bond donors (Lipinski definition) is 1. The highest BCUT2D eigenvalue weighted by Crippen LogP contribution is 2.60. The molecule has 5 atom stereocenters. The summed E-state index contributed by atoms with van der Waals surface area (Å²) in [5.41, 5.74) is 2.45. The number of hydrogen-bond acceptors (Lipinski definition) is 5. The minimum absolute atomic E-state index is 0.0378. The maximum absolute atomic E-state index is 16.4. The number of aliphatic hydroxyl groups excluding tert-OH is 1. The monoisotopic (exact) mass is 653 g/mol. The molecule has 3 fully saturated rings. The molecule has 46 heavy (non-hydrogen) atoms. The molecule has 4 aliphatic rings. The van der Waals surface area contributed by atoms with Crippen molar-refractivity contribution in [2.75, 3.05) is 36.0 Å². The van der Waals surface area contributed by atoms with Crippen LogP contribution in [0, 0.1) is 5.92 Å². The zero-order valence-corrected chi connectivity index (χ0v) is 29.5. The molecule has 1 N–H and O–H groups in total. The first-order valence-corrected chi connectivity index (χ1v) is 20.1. The number of halogens is 1. The van der Waals surface area contributed by atoms with E-state index in [0.717, 1.165) is 44.2 Å². The Bertz CT molecular complexity index is 1400. The maximum atomic E-state index is 16.4. The summed E-state index contributed by atoms with van der Waals surface area (Å²) in [5.74, 6) is -0.882. The van der Waals surface area contributed by atoms with Gasteiger partial charge in [-0.2, -0.15) is 0 Å². The van der Waals surface area contributed by atoms with Crippen LogP contribution in [0.3, 0.4) is 0 Å². The molecule has 0 bridgehead atoms. The third-order valence-electron chi connectivity index (χ3n) is 10.6. The summed E-state index contributed by atoms with van der Waals surface area (Å²) >= 11 is 0. The minimum atomic E-state index is -3.46. The quantitative estimate of drug-likeness (QED) is 0.180. The number of rotatable bonds is 10. The van der Waals surface area contributed by atoms with Crippen molar-refractivity contribution in [3.63, 3.8) is 0 Å². The van der Waals surface area contributed by atoms with Crippen molar-refractivity contribution in [3.05, 3.63) is 47.1 Å². The second kappa shape index (κ2) is 13.7. The van der Waals surface area contributed by atoms with Crippen molar-refractivity contribution in [2.45, 2.75) is 115 Å². The first-order chi connectivity index (χ1) is 21.8. The Hall–Kier alpha value is -2.82. The van der Waals surface area contributed by atoms with Crippen LogP contribution in [0.1, 0.15) is 84.6 Å². The lowest BCUT2D eigenvalue weighted by Crippen LogP contribution is -2.45. The fourth-order valence-electron chi connectivity index (χ4n) is 8.24. The van der Waals surface area contributed by atoms with E-state index in [2.05, 4.69) is 32.9 Å². The molecule has 5 rings (SSSR count). The molecule has 4 heterocycles. The topological polar surface area (TPSA) is 90.4 Å². The molecular weight excluding hydrogens is 601 g/mol. The molecule has 8 nitrogen and oxygen atoms in total. The SMILES string of the molecule is CC(C)=CCC/C(C)=C/CN1C(=O)[C@@]2(O[C@@H](CC(=O)N3CCC[C@H]3CO)[C@H]([Si](C)(C)F)[C@H]2C)c2cc(N3CCCCC3=O)ccc21. The Labute approximate surface area is 274 Å². The van der Waals surface area contributed by atoms with Crippen LogP contribution in [0.5, 0.6) is 0 Å². The van der Waals surface area contributed by atoms with Gasteiger partial charge in [0.05, 0.1) is 30.9 Å². The number of carbonyl (C=O) groups excluding carboxylic acids is 3. The van der Waals surface area contributed by atoms with E-state index in [1.54, 1.807) is 27.8 Å². The molecule has 3 saturated heterocycles. The first kappa shape index (κ1) is 34.5. The van der Waals surface area contributed by atoms with Crippen LogP contribution in [0.15, 0.2) is 41.5 Å². The fourth-order valence-corrected chi connectivity index (χ4v) is 10.7.